The van der Waals surface area contributed by atoms with Crippen LogP contribution in [-0.2, 0) is 0 Å². The number of piperidine rings is 1. The molecule has 1 fully saturated rings. The zero-order valence-corrected chi connectivity index (χ0v) is 14.1. The molecule has 1 amide bonds. The Morgan fingerprint density at radius 1 is 1.25 bits per heavy atom. The maximum Gasteiger partial charge on any atom is 0.271 e. The monoisotopic (exact) mass is 341 g/mol. The highest BCUT2D eigenvalue weighted by atomic mass is 32.1. The molecule has 0 spiro atoms. The number of rotatable bonds is 3. The van der Waals surface area contributed by atoms with Crippen LogP contribution in [0.3, 0.4) is 0 Å². The second-order valence-corrected chi connectivity index (χ2v) is 7.02. The summed E-state index contributed by atoms with van der Waals surface area (Å²) in [5.74, 6) is 0.379. The van der Waals surface area contributed by atoms with Crippen LogP contribution >= 0.6 is 11.3 Å². The van der Waals surface area contributed by atoms with Crippen LogP contribution in [0.5, 0.6) is 0 Å². The van der Waals surface area contributed by atoms with E-state index in [1.165, 1.54) is 11.3 Å². The van der Waals surface area contributed by atoms with Crippen molar-refractivity contribution in [3.05, 3.63) is 47.6 Å². The number of likely N-dealkylation sites (tertiary alicyclic amines) is 1. The highest BCUT2D eigenvalue weighted by Crippen LogP contribution is 2.25. The van der Waals surface area contributed by atoms with Crippen LogP contribution < -0.4 is 0 Å². The van der Waals surface area contributed by atoms with Crippen LogP contribution in [0.15, 0.2) is 41.9 Å². The van der Waals surface area contributed by atoms with Gasteiger partial charge in [0.2, 0.25) is 0 Å². The lowest BCUT2D eigenvalue weighted by Gasteiger charge is -2.30. The van der Waals surface area contributed by atoms with E-state index >= 15 is 0 Å². The average molecular weight is 341 g/mol. The quantitative estimate of drug-likeness (QED) is 0.797. The van der Waals surface area contributed by atoms with Crippen molar-refractivity contribution in [3.8, 4) is 11.3 Å². The van der Waals surface area contributed by atoms with Gasteiger partial charge in [0.15, 0.2) is 4.96 Å². The Morgan fingerprint density at radius 3 is 2.71 bits per heavy atom. The number of nitrogens with zero attached hydrogens (tertiary/aromatic N) is 3. The van der Waals surface area contributed by atoms with Gasteiger partial charge in [0.25, 0.3) is 5.91 Å². The Balaban J connectivity index is 1.61. The van der Waals surface area contributed by atoms with Gasteiger partial charge < -0.3 is 10.0 Å². The molecule has 0 saturated carbocycles. The minimum Gasteiger partial charge on any atom is -0.396 e. The average Bonchev–Trinajstić information content (AvgIpc) is 3.22. The van der Waals surface area contributed by atoms with Gasteiger partial charge in [-0.25, -0.2) is 4.98 Å². The maximum absolute atomic E-state index is 12.8. The van der Waals surface area contributed by atoms with E-state index < -0.39 is 0 Å². The molecule has 3 heterocycles. The molecule has 5 nitrogen and oxygen atoms in total. The van der Waals surface area contributed by atoms with E-state index in [9.17, 15) is 9.90 Å². The second-order valence-electron chi connectivity index (χ2n) is 6.18. The van der Waals surface area contributed by atoms with Gasteiger partial charge in [-0.05, 0) is 18.8 Å². The lowest BCUT2D eigenvalue weighted by Crippen LogP contribution is -2.39. The first kappa shape index (κ1) is 15.4. The van der Waals surface area contributed by atoms with Crippen molar-refractivity contribution in [1.29, 1.82) is 0 Å². The van der Waals surface area contributed by atoms with Gasteiger partial charge in [-0.15, -0.1) is 11.3 Å². The highest BCUT2D eigenvalue weighted by Gasteiger charge is 2.25. The SMILES string of the molecule is O=C(c1csc2nc(-c3ccccc3)cn12)N1CCC(CO)CC1. The van der Waals surface area contributed by atoms with Gasteiger partial charge in [-0.3, -0.25) is 9.20 Å². The number of carbonyl (C=O) groups excluding carboxylic acids is 1. The molecule has 0 bridgehead atoms. The summed E-state index contributed by atoms with van der Waals surface area (Å²) < 4.78 is 1.90. The minimum absolute atomic E-state index is 0.0506. The Labute approximate surface area is 144 Å². The van der Waals surface area contributed by atoms with Gasteiger partial charge in [-0.1, -0.05) is 30.3 Å². The Bertz CT molecular complexity index is 848. The standard InChI is InChI=1S/C18H19N3O2S/c22-11-13-6-8-20(9-7-13)17(23)16-12-24-18-19-15(10-21(16)18)14-4-2-1-3-5-14/h1-5,10,12-13,22H,6-9,11H2. The topological polar surface area (TPSA) is 57.8 Å². The van der Waals surface area contributed by atoms with E-state index in [-0.39, 0.29) is 12.5 Å². The molecule has 1 aliphatic heterocycles. The van der Waals surface area contributed by atoms with E-state index in [1.54, 1.807) is 0 Å². The number of amides is 1. The number of carbonyl (C=O) groups is 1. The van der Waals surface area contributed by atoms with Gasteiger partial charge in [0.1, 0.15) is 5.69 Å². The van der Waals surface area contributed by atoms with Crippen molar-refractivity contribution in [3.63, 3.8) is 0 Å². The van der Waals surface area contributed by atoms with Crippen LogP contribution in [0.1, 0.15) is 23.3 Å². The fraction of sp³-hybridized carbons (Fsp3) is 0.333. The van der Waals surface area contributed by atoms with E-state index in [2.05, 4.69) is 4.98 Å². The zero-order valence-electron chi connectivity index (χ0n) is 13.3. The van der Waals surface area contributed by atoms with E-state index in [0.717, 1.165) is 29.1 Å². The molecule has 4 rings (SSSR count). The third-order valence-electron chi connectivity index (χ3n) is 4.66. The molecular weight excluding hydrogens is 322 g/mol. The molecule has 0 atom stereocenters. The minimum atomic E-state index is 0.0506. The summed E-state index contributed by atoms with van der Waals surface area (Å²) in [5, 5.41) is 11.1. The molecule has 1 N–H and O–H groups in total. The Morgan fingerprint density at radius 2 is 2.00 bits per heavy atom. The summed E-state index contributed by atoms with van der Waals surface area (Å²) in [6, 6.07) is 9.99. The van der Waals surface area contributed by atoms with E-state index in [4.69, 9.17) is 0 Å². The van der Waals surface area contributed by atoms with Crippen molar-refractivity contribution in [2.45, 2.75) is 12.8 Å². The zero-order chi connectivity index (χ0) is 16.5. The molecule has 1 aliphatic rings. The normalized spacial score (nSPS) is 16.0. The van der Waals surface area contributed by atoms with Crippen molar-refractivity contribution >= 4 is 22.2 Å². The predicted molar refractivity (Wildman–Crippen MR) is 94.2 cm³/mol. The highest BCUT2D eigenvalue weighted by molar-refractivity contribution is 7.15. The van der Waals surface area contributed by atoms with Crippen LogP contribution in [0.25, 0.3) is 16.2 Å². The Hall–Kier alpha value is -2.18. The number of aliphatic hydroxyl groups excluding tert-OH is 1. The molecule has 124 valence electrons. The lowest BCUT2D eigenvalue weighted by molar-refractivity contribution is 0.0644. The van der Waals surface area contributed by atoms with Crippen LogP contribution in [0.2, 0.25) is 0 Å². The number of fused-ring (bicyclic) bond motifs is 1. The molecule has 0 radical (unpaired) electrons. The molecule has 0 aliphatic carbocycles. The molecule has 6 heteroatoms. The van der Waals surface area contributed by atoms with E-state index in [1.807, 2.05) is 51.2 Å². The number of imidazole rings is 1. The van der Waals surface area contributed by atoms with Gasteiger partial charge >= 0.3 is 0 Å². The summed E-state index contributed by atoms with van der Waals surface area (Å²) >= 11 is 1.49. The number of benzene rings is 1. The number of hydrogen-bond donors (Lipinski definition) is 1. The van der Waals surface area contributed by atoms with Crippen LogP contribution in [0.4, 0.5) is 0 Å². The molecular formula is C18H19N3O2S. The molecule has 1 saturated heterocycles. The number of aromatic nitrogens is 2. The summed E-state index contributed by atoms with van der Waals surface area (Å²) in [6.07, 6.45) is 3.68. The number of hydrogen-bond acceptors (Lipinski definition) is 4. The summed E-state index contributed by atoms with van der Waals surface area (Å²) in [7, 11) is 0. The van der Waals surface area contributed by atoms with Crippen LogP contribution in [-0.4, -0.2) is 45.0 Å². The van der Waals surface area contributed by atoms with Gasteiger partial charge in [-0.2, -0.15) is 0 Å². The molecule has 3 aromatic rings. The van der Waals surface area contributed by atoms with Crippen molar-refractivity contribution in [1.82, 2.24) is 14.3 Å². The van der Waals surface area contributed by atoms with Crippen molar-refractivity contribution in [2.24, 2.45) is 5.92 Å². The Kier molecular flexibility index (Phi) is 4.08. The fourth-order valence-corrected chi connectivity index (χ4v) is 4.01. The summed E-state index contributed by atoms with van der Waals surface area (Å²) in [5.41, 5.74) is 2.61. The second kappa shape index (κ2) is 6.37. The molecule has 0 unspecified atom stereocenters. The fourth-order valence-electron chi connectivity index (χ4n) is 3.17. The van der Waals surface area contributed by atoms with Gasteiger partial charge in [0, 0.05) is 36.8 Å². The third kappa shape index (κ3) is 2.72. The first-order valence-electron chi connectivity index (χ1n) is 8.18. The first-order chi connectivity index (χ1) is 11.8. The number of thiazole rings is 1. The lowest BCUT2D eigenvalue weighted by atomic mass is 9.98. The van der Waals surface area contributed by atoms with E-state index in [0.29, 0.717) is 24.7 Å². The van der Waals surface area contributed by atoms with Gasteiger partial charge in [0.05, 0.1) is 5.69 Å². The van der Waals surface area contributed by atoms with Crippen LogP contribution in [0, 0.1) is 5.92 Å². The predicted octanol–water partition coefficient (Wildman–Crippen LogP) is 2.91. The number of aliphatic hydroxyl groups is 1. The van der Waals surface area contributed by atoms with Crippen molar-refractivity contribution < 1.29 is 9.90 Å². The smallest absolute Gasteiger partial charge is 0.271 e. The summed E-state index contributed by atoms with van der Waals surface area (Å²) in [6.45, 7) is 1.63. The van der Waals surface area contributed by atoms with Crippen molar-refractivity contribution in [2.75, 3.05) is 19.7 Å². The summed E-state index contributed by atoms with van der Waals surface area (Å²) in [4.78, 5) is 20.2. The first-order valence-corrected chi connectivity index (χ1v) is 9.06. The third-order valence-corrected chi connectivity index (χ3v) is 5.50. The largest absolute Gasteiger partial charge is 0.396 e. The molecule has 1 aromatic carbocycles. The molecule has 24 heavy (non-hydrogen) atoms. The molecule has 2 aromatic heterocycles. The maximum atomic E-state index is 12.8.